The van der Waals surface area contributed by atoms with E-state index in [0.29, 0.717) is 33.7 Å². The average molecular weight is 477 g/mol. The molecule has 2 aromatic carbocycles. The van der Waals surface area contributed by atoms with Crippen LogP contribution in [0, 0.1) is 6.92 Å². The van der Waals surface area contributed by atoms with Crippen LogP contribution in [0.3, 0.4) is 0 Å². The molecule has 0 fully saturated rings. The van der Waals surface area contributed by atoms with Crippen LogP contribution < -0.4 is 15.1 Å². The number of benzene rings is 2. The highest BCUT2D eigenvalue weighted by molar-refractivity contribution is 7.17. The fourth-order valence-electron chi connectivity index (χ4n) is 4.22. The number of rotatable bonds is 5. The Morgan fingerprint density at radius 1 is 1.24 bits per heavy atom. The van der Waals surface area contributed by atoms with E-state index in [4.69, 9.17) is 9.15 Å². The molecule has 0 aliphatic carbocycles. The minimum atomic E-state index is -0.881. The number of hydrogen-bond donors (Lipinski definition) is 1. The van der Waals surface area contributed by atoms with Crippen LogP contribution in [0.1, 0.15) is 56.9 Å². The number of para-hydroxylation sites is 1. The van der Waals surface area contributed by atoms with Gasteiger partial charge in [-0.3, -0.25) is 19.3 Å². The molecule has 5 rings (SSSR count). The molecule has 0 saturated heterocycles. The lowest BCUT2D eigenvalue weighted by Crippen LogP contribution is -2.29. The Morgan fingerprint density at radius 2 is 2.00 bits per heavy atom. The third kappa shape index (κ3) is 3.28. The fourth-order valence-corrected chi connectivity index (χ4v) is 5.21. The Kier molecular flexibility index (Phi) is 5.21. The molecule has 2 aromatic heterocycles. The number of ketones is 1. The number of phenols is 1. The third-order valence-electron chi connectivity index (χ3n) is 5.69. The summed E-state index contributed by atoms with van der Waals surface area (Å²) in [5.41, 5.74) is 1.19. The Labute approximate surface area is 198 Å². The van der Waals surface area contributed by atoms with Crippen molar-refractivity contribution in [1.29, 1.82) is 0 Å². The van der Waals surface area contributed by atoms with E-state index in [0.717, 1.165) is 11.3 Å². The first-order chi connectivity index (χ1) is 16.3. The highest BCUT2D eigenvalue weighted by Gasteiger charge is 2.45. The second-order valence-corrected chi connectivity index (χ2v) is 8.85. The minimum Gasteiger partial charge on any atom is -0.504 e. The van der Waals surface area contributed by atoms with Crippen LogP contribution in [0.2, 0.25) is 0 Å². The van der Waals surface area contributed by atoms with Gasteiger partial charge in [0.25, 0.3) is 5.91 Å². The van der Waals surface area contributed by atoms with Crippen LogP contribution in [0.25, 0.3) is 11.0 Å². The highest BCUT2D eigenvalue weighted by atomic mass is 32.1. The summed E-state index contributed by atoms with van der Waals surface area (Å²) in [6.07, 6.45) is 0. The SMILES string of the molecule is CCOc1cc(C2c3c(oc4ccccc4c3=O)C(=O)N2c2nc(C)c(C(C)=O)s2)ccc1O. The van der Waals surface area contributed by atoms with Crippen molar-refractivity contribution in [3.63, 3.8) is 0 Å². The molecule has 1 aliphatic rings. The summed E-state index contributed by atoms with van der Waals surface area (Å²) in [6.45, 7) is 5.25. The van der Waals surface area contributed by atoms with Crippen LogP contribution in [0.5, 0.6) is 11.5 Å². The van der Waals surface area contributed by atoms with E-state index in [1.165, 1.54) is 17.9 Å². The number of nitrogens with zero attached hydrogens (tertiary/aromatic N) is 2. The summed E-state index contributed by atoms with van der Waals surface area (Å²) in [5.74, 6) is -0.596. The zero-order valence-electron chi connectivity index (χ0n) is 18.6. The van der Waals surface area contributed by atoms with Crippen molar-refractivity contribution in [2.24, 2.45) is 0 Å². The van der Waals surface area contributed by atoms with Gasteiger partial charge < -0.3 is 14.3 Å². The largest absolute Gasteiger partial charge is 0.504 e. The summed E-state index contributed by atoms with van der Waals surface area (Å²) in [4.78, 5) is 45.6. The van der Waals surface area contributed by atoms with Crippen molar-refractivity contribution in [1.82, 2.24) is 4.98 Å². The van der Waals surface area contributed by atoms with E-state index < -0.39 is 11.9 Å². The number of anilines is 1. The zero-order valence-corrected chi connectivity index (χ0v) is 19.4. The van der Waals surface area contributed by atoms with Gasteiger partial charge in [0.1, 0.15) is 5.58 Å². The quantitative estimate of drug-likeness (QED) is 0.419. The molecule has 0 spiro atoms. The van der Waals surface area contributed by atoms with Gasteiger partial charge in [0.2, 0.25) is 5.76 Å². The summed E-state index contributed by atoms with van der Waals surface area (Å²) < 4.78 is 11.5. The van der Waals surface area contributed by atoms with Gasteiger partial charge in [-0.15, -0.1) is 0 Å². The van der Waals surface area contributed by atoms with Gasteiger partial charge in [0, 0.05) is 6.92 Å². The number of Topliss-reactive ketones (excluding diaryl/α,β-unsaturated/α-hetero) is 1. The maximum absolute atomic E-state index is 13.6. The Bertz CT molecular complexity index is 1540. The second-order valence-electron chi connectivity index (χ2n) is 7.88. The first-order valence-corrected chi connectivity index (χ1v) is 11.5. The Balaban J connectivity index is 1.79. The predicted octanol–water partition coefficient (Wildman–Crippen LogP) is 4.61. The average Bonchev–Trinajstić information content (AvgIpc) is 3.33. The van der Waals surface area contributed by atoms with Crippen molar-refractivity contribution in [3.05, 3.63) is 80.1 Å². The minimum absolute atomic E-state index is 0.0591. The Morgan fingerprint density at radius 3 is 2.71 bits per heavy atom. The van der Waals surface area contributed by atoms with E-state index in [9.17, 15) is 19.5 Å². The van der Waals surface area contributed by atoms with Gasteiger partial charge in [0.05, 0.1) is 34.2 Å². The van der Waals surface area contributed by atoms with E-state index in [2.05, 4.69) is 4.98 Å². The summed E-state index contributed by atoms with van der Waals surface area (Å²) in [7, 11) is 0. The number of aromatic nitrogens is 1. The molecule has 34 heavy (non-hydrogen) atoms. The number of carbonyl (C=O) groups excluding carboxylic acids is 2. The van der Waals surface area contributed by atoms with E-state index >= 15 is 0 Å². The van der Waals surface area contributed by atoms with Crippen molar-refractivity contribution in [2.45, 2.75) is 26.8 Å². The second kappa shape index (κ2) is 8.11. The molecule has 0 radical (unpaired) electrons. The van der Waals surface area contributed by atoms with E-state index in [1.807, 2.05) is 0 Å². The van der Waals surface area contributed by atoms with Crippen LogP contribution in [0.15, 0.2) is 51.7 Å². The zero-order chi connectivity index (χ0) is 24.1. The fraction of sp³-hybridized carbons (Fsp3) is 0.200. The van der Waals surface area contributed by atoms with Gasteiger partial charge >= 0.3 is 0 Å². The van der Waals surface area contributed by atoms with Gasteiger partial charge in [0.15, 0.2) is 27.8 Å². The van der Waals surface area contributed by atoms with Crippen LogP contribution in [0.4, 0.5) is 5.13 Å². The number of hydrogen-bond acceptors (Lipinski definition) is 8. The first-order valence-electron chi connectivity index (χ1n) is 10.6. The monoisotopic (exact) mass is 476 g/mol. The molecular formula is C25H20N2O6S. The molecular weight excluding hydrogens is 456 g/mol. The van der Waals surface area contributed by atoms with Crippen LogP contribution >= 0.6 is 11.3 Å². The molecule has 3 heterocycles. The number of aromatic hydroxyl groups is 1. The molecule has 1 N–H and O–H groups in total. The van der Waals surface area contributed by atoms with Crippen LogP contribution in [-0.4, -0.2) is 28.4 Å². The molecule has 4 aromatic rings. The predicted molar refractivity (Wildman–Crippen MR) is 127 cm³/mol. The third-order valence-corrected chi connectivity index (χ3v) is 6.95. The standard InChI is InChI=1S/C25H20N2O6S/c1-4-32-18-11-14(9-10-16(18)29)20-19-21(30)15-7-5-6-8-17(15)33-22(19)24(31)27(20)25-26-12(2)23(34-25)13(3)28/h5-11,20,29H,4H2,1-3H3. The number of ether oxygens (including phenoxy) is 1. The van der Waals surface area contributed by atoms with Crippen molar-refractivity contribution >= 4 is 39.1 Å². The number of phenolic OH excluding ortho intramolecular Hbond substituents is 1. The number of aryl methyl sites for hydroxylation is 1. The Hall–Kier alpha value is -3.98. The molecule has 172 valence electrons. The number of fused-ring (bicyclic) bond motifs is 2. The van der Waals surface area contributed by atoms with Gasteiger partial charge in [-0.1, -0.05) is 29.5 Å². The normalized spacial score (nSPS) is 15.1. The lowest BCUT2D eigenvalue weighted by molar-refractivity contribution is 0.0969. The maximum Gasteiger partial charge on any atom is 0.297 e. The molecule has 1 atom stereocenters. The highest BCUT2D eigenvalue weighted by Crippen LogP contribution is 2.44. The number of carbonyl (C=O) groups is 2. The smallest absolute Gasteiger partial charge is 0.297 e. The number of amides is 1. The summed E-state index contributed by atoms with van der Waals surface area (Å²) in [6, 6.07) is 10.5. The molecule has 1 amide bonds. The first kappa shape index (κ1) is 21.8. The van der Waals surface area contributed by atoms with Gasteiger partial charge in [-0.2, -0.15) is 0 Å². The van der Waals surface area contributed by atoms with Crippen molar-refractivity contribution in [3.8, 4) is 11.5 Å². The van der Waals surface area contributed by atoms with Gasteiger partial charge in [-0.05, 0) is 43.7 Å². The van der Waals surface area contributed by atoms with E-state index in [1.54, 1.807) is 50.2 Å². The van der Waals surface area contributed by atoms with Crippen LogP contribution in [-0.2, 0) is 0 Å². The van der Waals surface area contributed by atoms with Gasteiger partial charge in [-0.25, -0.2) is 4.98 Å². The topological polar surface area (TPSA) is 110 Å². The summed E-state index contributed by atoms with van der Waals surface area (Å²) in [5, 5.41) is 10.8. The molecule has 9 heteroatoms. The summed E-state index contributed by atoms with van der Waals surface area (Å²) >= 11 is 1.09. The lowest BCUT2D eigenvalue weighted by Gasteiger charge is -2.23. The van der Waals surface area contributed by atoms with Crippen molar-refractivity contribution < 1.29 is 23.8 Å². The van der Waals surface area contributed by atoms with Crippen molar-refractivity contribution in [2.75, 3.05) is 11.5 Å². The molecule has 0 bridgehead atoms. The number of thiazole rings is 1. The molecule has 1 unspecified atom stereocenters. The van der Waals surface area contributed by atoms with E-state index in [-0.39, 0.29) is 39.2 Å². The molecule has 8 nitrogen and oxygen atoms in total. The lowest BCUT2D eigenvalue weighted by atomic mass is 9.98. The maximum atomic E-state index is 13.6. The molecule has 1 aliphatic heterocycles. The molecule has 0 saturated carbocycles.